The maximum Gasteiger partial charge on any atom is 0.347 e. The predicted octanol–water partition coefficient (Wildman–Crippen LogP) is 3.13. The molecule has 1 aliphatic heterocycles. The number of hydrogen-bond donors (Lipinski definition) is 3. The van der Waals surface area contributed by atoms with Gasteiger partial charge in [-0.2, -0.15) is 0 Å². The van der Waals surface area contributed by atoms with E-state index in [1.807, 2.05) is 43.1 Å². The monoisotopic (exact) mass is 462 g/mol. The van der Waals surface area contributed by atoms with Gasteiger partial charge in [0.1, 0.15) is 5.65 Å². The molecule has 3 N–H and O–H groups in total. The highest BCUT2D eigenvalue weighted by Gasteiger charge is 2.37. The molecular weight excluding hydrogens is 436 g/mol. The Balaban J connectivity index is 1.66. The van der Waals surface area contributed by atoms with Crippen molar-refractivity contribution in [3.05, 3.63) is 71.1 Å². The van der Waals surface area contributed by atoms with Gasteiger partial charge in [-0.05, 0) is 55.8 Å². The summed E-state index contributed by atoms with van der Waals surface area (Å²) >= 11 is 0. The van der Waals surface area contributed by atoms with Gasteiger partial charge in [0, 0.05) is 48.3 Å². The van der Waals surface area contributed by atoms with Crippen molar-refractivity contribution >= 4 is 40.2 Å². The Morgan fingerprint density at radius 3 is 2.91 bits per heavy atom. The molecule has 9 nitrogen and oxygen atoms in total. The van der Waals surface area contributed by atoms with Crippen LogP contribution in [0.4, 0.5) is 11.4 Å². The highest BCUT2D eigenvalue weighted by molar-refractivity contribution is 6.26. The van der Waals surface area contributed by atoms with Crippen LogP contribution < -0.4 is 10.2 Å². The van der Waals surface area contributed by atoms with Crippen molar-refractivity contribution < 1.29 is 24.2 Å². The van der Waals surface area contributed by atoms with E-state index in [1.165, 1.54) is 0 Å². The second-order valence-electron chi connectivity index (χ2n) is 7.78. The number of pyridine rings is 1. The van der Waals surface area contributed by atoms with E-state index in [-0.39, 0.29) is 30.4 Å². The number of esters is 1. The molecule has 0 unspecified atom stereocenters. The summed E-state index contributed by atoms with van der Waals surface area (Å²) in [5, 5.41) is 13.1. The van der Waals surface area contributed by atoms with Gasteiger partial charge in [0.05, 0.1) is 13.2 Å². The summed E-state index contributed by atoms with van der Waals surface area (Å²) in [6, 6.07) is 9.32. The summed E-state index contributed by atoms with van der Waals surface area (Å²) < 4.78 is 11.0. The Morgan fingerprint density at radius 2 is 2.18 bits per heavy atom. The number of ether oxygens (including phenoxy) is 2. The van der Waals surface area contributed by atoms with Gasteiger partial charge in [0.25, 0.3) is 0 Å². The zero-order valence-corrected chi connectivity index (χ0v) is 19.2. The van der Waals surface area contributed by atoms with Crippen LogP contribution in [0.2, 0.25) is 0 Å². The highest BCUT2D eigenvalue weighted by atomic mass is 16.5. The minimum absolute atomic E-state index is 0.00672. The van der Waals surface area contributed by atoms with Crippen LogP contribution in [0.1, 0.15) is 18.1 Å². The molecule has 34 heavy (non-hydrogen) atoms. The number of nitrogens with zero attached hydrogens (tertiary/aromatic N) is 2. The normalized spacial score (nSPS) is 14.6. The lowest BCUT2D eigenvalue weighted by Gasteiger charge is -2.20. The Labute approximate surface area is 196 Å². The number of H-pyrrole nitrogens is 1. The number of nitrogens with one attached hydrogen (secondary N) is 2. The topological polar surface area (TPSA) is 117 Å². The van der Waals surface area contributed by atoms with Crippen molar-refractivity contribution in [3.63, 3.8) is 0 Å². The fourth-order valence-electron chi connectivity index (χ4n) is 3.67. The number of aliphatic hydroxyl groups excluding tert-OH is 1. The zero-order chi connectivity index (χ0) is 24.2. The van der Waals surface area contributed by atoms with Gasteiger partial charge in [0.2, 0.25) is 11.7 Å². The molecule has 4 rings (SSSR count). The van der Waals surface area contributed by atoms with Crippen molar-refractivity contribution in [2.45, 2.75) is 13.8 Å². The van der Waals surface area contributed by atoms with Gasteiger partial charge in [0.15, 0.2) is 11.3 Å². The number of aromatic amines is 1. The van der Waals surface area contributed by atoms with E-state index in [0.717, 1.165) is 16.6 Å². The third-order valence-electron chi connectivity index (χ3n) is 5.47. The lowest BCUT2D eigenvalue weighted by atomic mass is 10.1. The molecule has 0 saturated carbocycles. The van der Waals surface area contributed by atoms with Crippen LogP contribution in [-0.2, 0) is 19.1 Å². The largest absolute Gasteiger partial charge is 0.462 e. The lowest BCUT2D eigenvalue weighted by molar-refractivity contribution is -0.139. The highest BCUT2D eigenvalue weighted by Crippen LogP contribution is 2.32. The SMILES string of the molecule is CCOC(=O)C1=C(Nc2ccc(N(C)CCO)cc2C)O/C(=C\c2c[nH]c3ncccc23)C1=O. The number of anilines is 2. The number of hydrogen-bond acceptors (Lipinski definition) is 8. The van der Waals surface area contributed by atoms with Crippen LogP contribution >= 0.6 is 0 Å². The van der Waals surface area contributed by atoms with E-state index in [9.17, 15) is 14.7 Å². The summed E-state index contributed by atoms with van der Waals surface area (Å²) in [5.74, 6) is -1.29. The summed E-state index contributed by atoms with van der Waals surface area (Å²) in [6.45, 7) is 4.24. The Bertz CT molecular complexity index is 1310. The summed E-state index contributed by atoms with van der Waals surface area (Å²) in [6.07, 6.45) is 4.98. The molecule has 0 spiro atoms. The molecule has 0 saturated heterocycles. The van der Waals surface area contributed by atoms with Crippen LogP contribution in [0.5, 0.6) is 0 Å². The van der Waals surface area contributed by atoms with Crippen molar-refractivity contribution in [1.82, 2.24) is 9.97 Å². The average molecular weight is 463 g/mol. The predicted molar refractivity (Wildman–Crippen MR) is 129 cm³/mol. The summed E-state index contributed by atoms with van der Waals surface area (Å²) in [7, 11) is 1.88. The molecule has 0 aliphatic carbocycles. The molecule has 3 aromatic rings. The van der Waals surface area contributed by atoms with Crippen molar-refractivity contribution in [2.75, 3.05) is 37.0 Å². The fraction of sp³-hybridized carbons (Fsp3) is 0.240. The molecule has 176 valence electrons. The van der Waals surface area contributed by atoms with Crippen LogP contribution in [0.3, 0.4) is 0 Å². The molecule has 3 heterocycles. The third kappa shape index (κ3) is 4.51. The number of ketones is 1. The number of Topliss-reactive ketones (excluding diaryl/α,β-unsaturated/α-hetero) is 1. The van der Waals surface area contributed by atoms with E-state index < -0.39 is 11.8 Å². The molecule has 0 bridgehead atoms. The molecular formula is C25H26N4O5. The molecule has 9 heteroatoms. The first-order valence-corrected chi connectivity index (χ1v) is 10.9. The molecule has 1 aliphatic rings. The van der Waals surface area contributed by atoms with Crippen molar-refractivity contribution in [2.24, 2.45) is 0 Å². The van der Waals surface area contributed by atoms with Gasteiger partial charge in [-0.25, -0.2) is 9.78 Å². The summed E-state index contributed by atoms with van der Waals surface area (Å²) in [5.41, 5.74) is 3.67. The maximum atomic E-state index is 13.1. The van der Waals surface area contributed by atoms with Crippen LogP contribution in [-0.4, -0.2) is 53.6 Å². The quantitative estimate of drug-likeness (QED) is 0.266. The number of likely N-dealkylation sites (N-methyl/N-ethyl adjacent to an activating group) is 1. The van der Waals surface area contributed by atoms with Gasteiger partial charge in [-0.15, -0.1) is 0 Å². The minimum atomic E-state index is -0.754. The third-order valence-corrected chi connectivity index (χ3v) is 5.47. The Kier molecular flexibility index (Phi) is 6.65. The molecule has 2 aromatic heterocycles. The maximum absolute atomic E-state index is 13.1. The second kappa shape index (κ2) is 9.80. The number of allylic oxidation sites excluding steroid dienone is 1. The summed E-state index contributed by atoms with van der Waals surface area (Å²) in [4.78, 5) is 35.0. The molecule has 0 atom stereocenters. The van der Waals surface area contributed by atoms with E-state index in [2.05, 4.69) is 15.3 Å². The van der Waals surface area contributed by atoms with Crippen molar-refractivity contribution in [3.8, 4) is 0 Å². The van der Waals surface area contributed by atoms with Crippen molar-refractivity contribution in [1.29, 1.82) is 0 Å². The number of benzene rings is 1. The zero-order valence-electron chi connectivity index (χ0n) is 19.2. The van der Waals surface area contributed by atoms with Gasteiger partial charge in [-0.1, -0.05) is 0 Å². The van der Waals surface area contributed by atoms with E-state index >= 15 is 0 Å². The second-order valence-corrected chi connectivity index (χ2v) is 7.78. The lowest BCUT2D eigenvalue weighted by Crippen LogP contribution is -2.21. The Hall–Kier alpha value is -4.11. The first kappa shape index (κ1) is 23.1. The first-order chi connectivity index (χ1) is 16.4. The van der Waals surface area contributed by atoms with E-state index in [0.29, 0.717) is 23.4 Å². The van der Waals surface area contributed by atoms with Gasteiger partial charge < -0.3 is 29.8 Å². The number of aromatic nitrogens is 2. The molecule has 0 fully saturated rings. The standard InChI is InChI=1S/C25H26N4O5/c1-4-33-25(32)21-22(31)20(13-16-14-27-23-18(16)6-5-9-26-23)34-24(21)28-19-8-7-17(12-15(19)2)29(3)10-11-30/h5-9,12-14,28,30H,4,10-11H2,1-3H3,(H,26,27)/b20-13-. The minimum Gasteiger partial charge on any atom is -0.462 e. The number of carbonyl (C=O) groups excluding carboxylic acids is 2. The van der Waals surface area contributed by atoms with Crippen LogP contribution in [0.15, 0.2) is 59.9 Å². The van der Waals surface area contributed by atoms with E-state index in [1.54, 1.807) is 31.5 Å². The number of aryl methyl sites for hydroxylation is 1. The van der Waals surface area contributed by atoms with Gasteiger partial charge in [-0.3, -0.25) is 4.79 Å². The Morgan fingerprint density at radius 1 is 1.35 bits per heavy atom. The number of fused-ring (bicyclic) bond motifs is 1. The molecule has 1 aromatic carbocycles. The fourth-order valence-corrected chi connectivity index (χ4v) is 3.67. The van der Waals surface area contributed by atoms with E-state index in [4.69, 9.17) is 9.47 Å². The molecule has 0 amide bonds. The van der Waals surface area contributed by atoms with Crippen LogP contribution in [0, 0.1) is 6.92 Å². The number of aliphatic hydroxyl groups is 1. The van der Waals surface area contributed by atoms with Gasteiger partial charge >= 0.3 is 5.97 Å². The molecule has 0 radical (unpaired) electrons. The first-order valence-electron chi connectivity index (χ1n) is 10.9. The number of rotatable bonds is 8. The number of carbonyl (C=O) groups is 2. The van der Waals surface area contributed by atoms with Crippen LogP contribution in [0.25, 0.3) is 17.1 Å². The average Bonchev–Trinajstić information content (AvgIpc) is 3.36. The smallest absolute Gasteiger partial charge is 0.347 e.